The Bertz CT molecular complexity index is 1020. The summed E-state index contributed by atoms with van der Waals surface area (Å²) in [7, 11) is 0. The Labute approximate surface area is 185 Å². The van der Waals surface area contributed by atoms with Crippen molar-refractivity contribution in [3.05, 3.63) is 70.8 Å². The molecule has 0 aliphatic heterocycles. The van der Waals surface area contributed by atoms with Gasteiger partial charge < -0.3 is 15.5 Å². The maximum Gasteiger partial charge on any atom is 0.254 e. The number of amides is 3. The standard InChI is InChI=1S/C24H25F2N3O3/c25-17-5-10-20(21(26)13-17)24(32)27-12-11-22(30)29(19-8-9-19)14-15-1-3-16(4-2-15)23(31)28-18-6-7-18/h1-5,10,13,18-19H,6-9,11-12,14H2,(H,27,32)(H,28,31). The minimum Gasteiger partial charge on any atom is -0.351 e. The van der Waals surface area contributed by atoms with Gasteiger partial charge in [-0.05, 0) is 55.5 Å². The Balaban J connectivity index is 1.29. The van der Waals surface area contributed by atoms with E-state index in [1.54, 1.807) is 17.0 Å². The number of benzene rings is 2. The van der Waals surface area contributed by atoms with Crippen molar-refractivity contribution in [3.63, 3.8) is 0 Å². The van der Waals surface area contributed by atoms with Gasteiger partial charge in [-0.25, -0.2) is 8.78 Å². The number of hydrogen-bond acceptors (Lipinski definition) is 3. The topological polar surface area (TPSA) is 78.5 Å². The third-order valence-electron chi connectivity index (χ3n) is 5.59. The van der Waals surface area contributed by atoms with Crippen molar-refractivity contribution in [1.82, 2.24) is 15.5 Å². The molecule has 2 fully saturated rings. The molecule has 2 aliphatic carbocycles. The number of carbonyl (C=O) groups is 3. The van der Waals surface area contributed by atoms with Crippen LogP contribution in [0.15, 0.2) is 42.5 Å². The highest BCUT2D eigenvalue weighted by Gasteiger charge is 2.32. The quantitative estimate of drug-likeness (QED) is 0.628. The largest absolute Gasteiger partial charge is 0.351 e. The first-order valence-electron chi connectivity index (χ1n) is 10.8. The molecule has 0 bridgehead atoms. The molecule has 2 aromatic carbocycles. The van der Waals surface area contributed by atoms with Crippen molar-refractivity contribution >= 4 is 17.7 Å². The Morgan fingerprint density at radius 3 is 2.28 bits per heavy atom. The van der Waals surface area contributed by atoms with Crippen molar-refractivity contribution in [1.29, 1.82) is 0 Å². The van der Waals surface area contributed by atoms with Gasteiger partial charge in [-0.1, -0.05) is 12.1 Å². The predicted molar refractivity (Wildman–Crippen MR) is 114 cm³/mol. The highest BCUT2D eigenvalue weighted by molar-refractivity contribution is 5.95. The van der Waals surface area contributed by atoms with E-state index in [0.29, 0.717) is 24.2 Å². The number of nitrogens with one attached hydrogen (secondary N) is 2. The van der Waals surface area contributed by atoms with Gasteiger partial charge in [0.05, 0.1) is 5.56 Å². The number of halogens is 2. The lowest BCUT2D eigenvalue weighted by molar-refractivity contribution is -0.132. The smallest absolute Gasteiger partial charge is 0.254 e. The minimum absolute atomic E-state index is 0.0536. The molecule has 4 rings (SSSR count). The molecule has 0 aromatic heterocycles. The highest BCUT2D eigenvalue weighted by Crippen LogP contribution is 2.29. The Morgan fingerprint density at radius 2 is 1.66 bits per heavy atom. The zero-order chi connectivity index (χ0) is 22.7. The number of hydrogen-bond donors (Lipinski definition) is 2. The van der Waals surface area contributed by atoms with Crippen LogP contribution in [0.1, 0.15) is 58.4 Å². The lowest BCUT2D eigenvalue weighted by atomic mass is 10.1. The van der Waals surface area contributed by atoms with Crippen molar-refractivity contribution in [2.24, 2.45) is 0 Å². The fourth-order valence-electron chi connectivity index (χ4n) is 3.46. The highest BCUT2D eigenvalue weighted by atomic mass is 19.1. The van der Waals surface area contributed by atoms with Gasteiger partial charge in [-0.2, -0.15) is 0 Å². The van der Waals surface area contributed by atoms with E-state index < -0.39 is 17.5 Å². The molecular weight excluding hydrogens is 416 g/mol. The summed E-state index contributed by atoms with van der Waals surface area (Å²) >= 11 is 0. The summed E-state index contributed by atoms with van der Waals surface area (Å²) in [6.07, 6.45) is 4.00. The lowest BCUT2D eigenvalue weighted by Gasteiger charge is -2.23. The zero-order valence-corrected chi connectivity index (χ0v) is 17.6. The van der Waals surface area contributed by atoms with Crippen LogP contribution in [-0.2, 0) is 11.3 Å². The molecule has 0 radical (unpaired) electrons. The third-order valence-corrected chi connectivity index (χ3v) is 5.59. The second-order valence-electron chi connectivity index (χ2n) is 8.33. The van der Waals surface area contributed by atoms with E-state index in [9.17, 15) is 23.2 Å². The van der Waals surface area contributed by atoms with Gasteiger partial charge in [-0.15, -0.1) is 0 Å². The van der Waals surface area contributed by atoms with Crippen LogP contribution in [0, 0.1) is 11.6 Å². The maximum atomic E-state index is 13.7. The molecular formula is C24H25F2N3O3. The van der Waals surface area contributed by atoms with Crippen LogP contribution in [-0.4, -0.2) is 41.2 Å². The molecule has 2 N–H and O–H groups in total. The van der Waals surface area contributed by atoms with Crippen LogP contribution in [0.2, 0.25) is 0 Å². The van der Waals surface area contributed by atoms with Crippen molar-refractivity contribution < 1.29 is 23.2 Å². The van der Waals surface area contributed by atoms with Crippen molar-refractivity contribution in [2.75, 3.05) is 6.54 Å². The second kappa shape index (κ2) is 9.46. The molecule has 0 atom stereocenters. The van der Waals surface area contributed by atoms with Crippen LogP contribution < -0.4 is 10.6 Å². The van der Waals surface area contributed by atoms with E-state index in [2.05, 4.69) is 10.6 Å². The van der Waals surface area contributed by atoms with Crippen LogP contribution in [0.4, 0.5) is 8.78 Å². The first kappa shape index (κ1) is 21.9. The molecule has 32 heavy (non-hydrogen) atoms. The third kappa shape index (κ3) is 5.69. The molecule has 0 heterocycles. The summed E-state index contributed by atoms with van der Waals surface area (Å²) in [4.78, 5) is 38.7. The summed E-state index contributed by atoms with van der Waals surface area (Å²) in [5, 5.41) is 5.46. The normalized spacial score (nSPS) is 15.2. The van der Waals surface area contributed by atoms with Crippen LogP contribution in [0.25, 0.3) is 0 Å². The summed E-state index contributed by atoms with van der Waals surface area (Å²) in [6.45, 7) is 0.479. The SMILES string of the molecule is O=C(NC1CC1)c1ccc(CN(C(=O)CCNC(=O)c2ccc(F)cc2F)C2CC2)cc1. The molecule has 168 valence electrons. The molecule has 0 saturated heterocycles. The van der Waals surface area contributed by atoms with Crippen LogP contribution in [0.5, 0.6) is 0 Å². The second-order valence-corrected chi connectivity index (χ2v) is 8.33. The summed E-state index contributed by atoms with van der Waals surface area (Å²) in [5.74, 6) is -2.58. The Kier molecular flexibility index (Phi) is 6.48. The van der Waals surface area contributed by atoms with Gasteiger partial charge in [0.1, 0.15) is 11.6 Å². The predicted octanol–water partition coefficient (Wildman–Crippen LogP) is 3.17. The molecule has 2 aromatic rings. The van der Waals surface area contributed by atoms with Gasteiger partial charge in [0.25, 0.3) is 11.8 Å². The van der Waals surface area contributed by atoms with Gasteiger partial charge in [0.2, 0.25) is 5.91 Å². The van der Waals surface area contributed by atoms with E-state index >= 15 is 0 Å². The molecule has 2 aliphatic rings. The number of rotatable bonds is 9. The molecule has 6 nitrogen and oxygen atoms in total. The molecule has 3 amide bonds. The van der Waals surface area contributed by atoms with E-state index in [1.165, 1.54) is 0 Å². The molecule has 0 spiro atoms. The van der Waals surface area contributed by atoms with Crippen molar-refractivity contribution in [3.8, 4) is 0 Å². The molecule has 2 saturated carbocycles. The summed E-state index contributed by atoms with van der Waals surface area (Å²) in [6, 6.07) is 10.4. The number of nitrogens with zero attached hydrogens (tertiary/aromatic N) is 1. The van der Waals surface area contributed by atoms with Gasteiger partial charge >= 0.3 is 0 Å². The van der Waals surface area contributed by atoms with Crippen molar-refractivity contribution in [2.45, 2.75) is 50.7 Å². The average Bonchev–Trinajstić information content (AvgIpc) is 3.67. The first-order valence-corrected chi connectivity index (χ1v) is 10.8. The van der Waals surface area contributed by atoms with E-state index in [-0.39, 0.29) is 36.4 Å². The number of carbonyl (C=O) groups excluding carboxylic acids is 3. The van der Waals surface area contributed by atoms with Crippen LogP contribution in [0.3, 0.4) is 0 Å². The fraction of sp³-hybridized carbons (Fsp3) is 0.375. The molecule has 8 heteroatoms. The summed E-state index contributed by atoms with van der Waals surface area (Å²) < 4.78 is 26.7. The minimum atomic E-state index is -0.942. The van der Waals surface area contributed by atoms with Gasteiger partial charge in [0.15, 0.2) is 0 Å². The fourth-order valence-corrected chi connectivity index (χ4v) is 3.46. The van der Waals surface area contributed by atoms with E-state index in [1.807, 2.05) is 12.1 Å². The lowest BCUT2D eigenvalue weighted by Crippen LogP contribution is -2.35. The van der Waals surface area contributed by atoms with E-state index in [4.69, 9.17) is 0 Å². The Morgan fingerprint density at radius 1 is 0.938 bits per heavy atom. The van der Waals surface area contributed by atoms with E-state index in [0.717, 1.165) is 43.4 Å². The summed E-state index contributed by atoms with van der Waals surface area (Å²) in [5.41, 5.74) is 1.26. The average molecular weight is 441 g/mol. The van der Waals surface area contributed by atoms with Gasteiger partial charge in [-0.3, -0.25) is 14.4 Å². The monoisotopic (exact) mass is 441 g/mol. The first-order chi connectivity index (χ1) is 15.4. The van der Waals surface area contributed by atoms with Gasteiger partial charge in [0, 0.05) is 43.2 Å². The maximum absolute atomic E-state index is 13.7. The zero-order valence-electron chi connectivity index (χ0n) is 17.6. The Hall–Kier alpha value is -3.29. The molecule has 0 unspecified atom stereocenters. The van der Waals surface area contributed by atoms with Crippen LogP contribution >= 0.6 is 0 Å².